The Bertz CT molecular complexity index is 1080. The molecule has 0 saturated carbocycles. The van der Waals surface area contributed by atoms with Crippen LogP contribution in [0.4, 0.5) is 5.00 Å². The summed E-state index contributed by atoms with van der Waals surface area (Å²) in [6.45, 7) is 13.2. The molecule has 1 aliphatic rings. The van der Waals surface area contributed by atoms with Crippen molar-refractivity contribution in [3.05, 3.63) is 51.4 Å². The average Bonchev–Trinajstić information content (AvgIpc) is 3.03. The van der Waals surface area contributed by atoms with Gasteiger partial charge in [-0.25, -0.2) is 4.67 Å². The van der Waals surface area contributed by atoms with Gasteiger partial charge in [0.2, 0.25) is 11.9 Å². The first kappa shape index (κ1) is 27.1. The largest absolute Gasteiger partial charge is 0.399 e. The molecule has 2 atom stereocenters. The normalized spacial score (nSPS) is 16.3. The van der Waals surface area contributed by atoms with E-state index in [0.717, 1.165) is 54.3 Å². The van der Waals surface area contributed by atoms with Crippen molar-refractivity contribution in [2.24, 2.45) is 5.73 Å². The number of anilines is 1. The van der Waals surface area contributed by atoms with Gasteiger partial charge in [0.1, 0.15) is 5.00 Å². The van der Waals surface area contributed by atoms with E-state index in [9.17, 15) is 0 Å². The molecule has 7 N–H and O–H groups in total. The molecule has 2 heterocycles. The molecular formula is C26H41N8S+. The number of hydrogen-bond acceptors (Lipinski definition) is 7. The molecule has 0 aliphatic carbocycles. The number of nitrogens with zero attached hydrogens (tertiary/aromatic N) is 2. The van der Waals surface area contributed by atoms with Crippen LogP contribution in [0.3, 0.4) is 0 Å². The van der Waals surface area contributed by atoms with Gasteiger partial charge in [0, 0.05) is 29.6 Å². The summed E-state index contributed by atoms with van der Waals surface area (Å²) >= 11 is 1.67. The molecule has 1 aliphatic heterocycles. The number of fused-ring (bicyclic) bond motifs is 1. The van der Waals surface area contributed by atoms with Crippen LogP contribution in [0.2, 0.25) is 0 Å². The van der Waals surface area contributed by atoms with E-state index in [-0.39, 0.29) is 6.04 Å². The smallest absolute Gasteiger partial charge is 0.318 e. The molecule has 2 aromatic rings. The van der Waals surface area contributed by atoms with Crippen LogP contribution in [-0.4, -0.2) is 56.3 Å². The third-order valence-corrected chi connectivity index (χ3v) is 7.49. The number of hydrogen-bond donors (Lipinski definition) is 6. The van der Waals surface area contributed by atoms with Crippen molar-refractivity contribution in [1.29, 1.82) is 5.41 Å². The van der Waals surface area contributed by atoms with E-state index in [4.69, 9.17) is 15.8 Å². The Labute approximate surface area is 213 Å². The Hall–Kier alpha value is -2.52. The molecular weight excluding hydrogens is 456 g/mol. The molecule has 2 unspecified atom stereocenters. The second-order valence-electron chi connectivity index (χ2n) is 9.24. The highest BCUT2D eigenvalue weighted by Gasteiger charge is 2.38. The van der Waals surface area contributed by atoms with Crippen molar-refractivity contribution in [2.75, 3.05) is 31.6 Å². The fraction of sp³-hybridized carbons (Fsp3) is 0.500. The molecule has 190 valence electrons. The molecule has 1 aromatic heterocycles. The van der Waals surface area contributed by atoms with Crippen molar-refractivity contribution in [2.45, 2.75) is 59.7 Å². The molecule has 8 nitrogen and oxygen atoms in total. The Balaban J connectivity index is 1.91. The first-order valence-electron chi connectivity index (χ1n) is 12.3. The van der Waals surface area contributed by atoms with Crippen molar-refractivity contribution in [3.8, 4) is 0 Å². The summed E-state index contributed by atoms with van der Waals surface area (Å²) in [7, 11) is 1.96. The maximum absolute atomic E-state index is 8.52. The van der Waals surface area contributed by atoms with Gasteiger partial charge < -0.3 is 10.6 Å². The van der Waals surface area contributed by atoms with Gasteiger partial charge in [-0.3, -0.25) is 16.0 Å². The Morgan fingerprint density at radius 2 is 1.89 bits per heavy atom. The average molecular weight is 498 g/mol. The number of aryl methyl sites for hydroxylation is 2. The minimum absolute atomic E-state index is 0.231. The van der Waals surface area contributed by atoms with Crippen LogP contribution in [0.15, 0.2) is 24.3 Å². The third kappa shape index (κ3) is 6.58. The summed E-state index contributed by atoms with van der Waals surface area (Å²) in [5, 5.41) is 16.1. The molecule has 0 radical (unpaired) electrons. The number of amidine groups is 2. The van der Waals surface area contributed by atoms with Crippen LogP contribution in [0.5, 0.6) is 0 Å². The molecule has 9 heteroatoms. The SMILES string of the molecule is CNCCNCCCC(C)NNC1=[N+]=C(c2ccc(C)cc2)c2c(sc(C)c2C)N(C(C)=N)C1N. The van der Waals surface area contributed by atoms with Crippen LogP contribution < -0.4 is 36.8 Å². The predicted molar refractivity (Wildman–Crippen MR) is 151 cm³/mol. The van der Waals surface area contributed by atoms with Crippen molar-refractivity contribution in [3.63, 3.8) is 0 Å². The second-order valence-corrected chi connectivity index (χ2v) is 10.4. The van der Waals surface area contributed by atoms with Crippen molar-refractivity contribution >= 4 is 33.7 Å². The number of nitrogens with one attached hydrogen (secondary N) is 5. The minimum atomic E-state index is -0.602. The predicted octanol–water partition coefficient (Wildman–Crippen LogP) is 2.15. The highest BCUT2D eigenvalue weighted by Crippen LogP contribution is 2.38. The summed E-state index contributed by atoms with van der Waals surface area (Å²) < 4.78 is 5.09. The number of nitrogens with two attached hydrogens (primary N) is 1. The van der Waals surface area contributed by atoms with E-state index < -0.39 is 6.17 Å². The molecule has 0 bridgehead atoms. The zero-order valence-electron chi connectivity index (χ0n) is 21.9. The van der Waals surface area contributed by atoms with Gasteiger partial charge in [-0.1, -0.05) is 17.7 Å². The van der Waals surface area contributed by atoms with Gasteiger partial charge in [-0.15, -0.1) is 11.3 Å². The third-order valence-electron chi connectivity index (χ3n) is 6.29. The Morgan fingerprint density at radius 3 is 2.54 bits per heavy atom. The number of rotatable bonds is 10. The molecule has 0 fully saturated rings. The van der Waals surface area contributed by atoms with E-state index in [2.05, 4.69) is 73.4 Å². The lowest BCUT2D eigenvalue weighted by Gasteiger charge is -2.25. The summed E-state index contributed by atoms with van der Waals surface area (Å²) in [6.07, 6.45) is 1.48. The van der Waals surface area contributed by atoms with Crippen LogP contribution in [-0.2, 0) is 0 Å². The van der Waals surface area contributed by atoms with Gasteiger partial charge in [0.15, 0.2) is 0 Å². The highest BCUT2D eigenvalue weighted by molar-refractivity contribution is 7.17. The molecule has 35 heavy (non-hydrogen) atoms. The molecule has 1 aromatic carbocycles. The Morgan fingerprint density at radius 1 is 1.17 bits per heavy atom. The van der Waals surface area contributed by atoms with Crippen LogP contribution in [0.25, 0.3) is 0 Å². The van der Waals surface area contributed by atoms with E-state index in [1.807, 2.05) is 11.9 Å². The van der Waals surface area contributed by atoms with Crippen LogP contribution in [0.1, 0.15) is 53.8 Å². The lowest BCUT2D eigenvalue weighted by atomic mass is 9.99. The van der Waals surface area contributed by atoms with Gasteiger partial charge in [0.05, 0.1) is 11.4 Å². The molecule has 0 spiro atoms. The minimum Gasteiger partial charge on any atom is -0.318 e. The van der Waals surface area contributed by atoms with Gasteiger partial charge in [-0.2, -0.15) is 10.9 Å². The van der Waals surface area contributed by atoms with E-state index in [1.54, 1.807) is 18.3 Å². The number of likely N-dealkylation sites (N-methyl/N-ethyl adjacent to an activating group) is 1. The number of benzene rings is 1. The summed E-state index contributed by atoms with van der Waals surface area (Å²) in [5.74, 6) is 0.993. The summed E-state index contributed by atoms with van der Waals surface area (Å²) in [4.78, 5) is 3.09. The number of hydrazine groups is 1. The topological polar surface area (TPSA) is 115 Å². The van der Waals surface area contributed by atoms with Gasteiger partial charge >= 0.3 is 5.84 Å². The van der Waals surface area contributed by atoms with Crippen LogP contribution in [0, 0.1) is 26.2 Å². The molecule has 0 amide bonds. The van der Waals surface area contributed by atoms with Crippen molar-refractivity contribution in [1.82, 2.24) is 26.2 Å². The standard InChI is InChI=1S/C26H40N8S/c1-16-9-11-21(12-10-16)23-22-18(3)19(4)35-26(22)34(20(5)27)24(28)25(31-23)33-32-17(2)8-7-13-30-15-14-29-6/h9-12,17,24,27,29-30,32H,7-8,13-15,28H2,1-6H3/p+1. The maximum atomic E-state index is 8.52. The number of thiophene rings is 1. The van der Waals surface area contributed by atoms with E-state index in [0.29, 0.717) is 11.7 Å². The first-order chi connectivity index (χ1) is 16.7. The lowest BCUT2D eigenvalue weighted by Crippen LogP contribution is -2.58. The van der Waals surface area contributed by atoms with Crippen LogP contribution >= 0.6 is 11.3 Å². The first-order valence-corrected chi connectivity index (χ1v) is 13.2. The lowest BCUT2D eigenvalue weighted by molar-refractivity contribution is 0.463. The van der Waals surface area contributed by atoms with Gasteiger partial charge in [0.25, 0.3) is 0 Å². The van der Waals surface area contributed by atoms with E-state index >= 15 is 0 Å². The second kappa shape index (κ2) is 12.4. The maximum Gasteiger partial charge on any atom is 0.399 e. The highest BCUT2D eigenvalue weighted by atomic mass is 32.1. The zero-order valence-corrected chi connectivity index (χ0v) is 22.7. The van der Waals surface area contributed by atoms with Crippen molar-refractivity contribution < 1.29 is 0 Å². The fourth-order valence-corrected chi connectivity index (χ4v) is 5.32. The molecule has 3 rings (SSSR count). The Kier molecular flexibility index (Phi) is 9.63. The fourth-order valence-electron chi connectivity index (χ4n) is 4.07. The zero-order chi connectivity index (χ0) is 25.5. The quantitative estimate of drug-likeness (QED) is 0.0985. The van der Waals surface area contributed by atoms with Gasteiger partial charge in [-0.05, 0) is 78.7 Å². The monoisotopic (exact) mass is 497 g/mol. The summed E-state index contributed by atoms with van der Waals surface area (Å²) in [6, 6.07) is 8.66. The summed E-state index contributed by atoms with van der Waals surface area (Å²) in [5.41, 5.74) is 18.8. The molecule has 0 saturated heterocycles. The van der Waals surface area contributed by atoms with E-state index in [1.165, 1.54) is 16.0 Å².